The SMILES string of the molecule is NC(CNc1ccc(Br)cc1[N+](=O)[O-])C1CC1. The Morgan fingerprint density at radius 2 is 2.29 bits per heavy atom. The lowest BCUT2D eigenvalue weighted by atomic mass is 10.2. The van der Waals surface area contributed by atoms with Gasteiger partial charge in [0, 0.05) is 23.1 Å². The van der Waals surface area contributed by atoms with E-state index in [9.17, 15) is 10.1 Å². The Labute approximate surface area is 108 Å². The van der Waals surface area contributed by atoms with Crippen molar-refractivity contribution < 1.29 is 4.92 Å². The first-order valence-corrected chi connectivity index (χ1v) is 6.30. The molecule has 1 aromatic rings. The number of nitrogens with two attached hydrogens (primary N) is 1. The first-order valence-electron chi connectivity index (χ1n) is 5.51. The molecule has 0 spiro atoms. The molecular formula is C11H14BrN3O2. The van der Waals surface area contributed by atoms with Crippen LogP contribution in [0, 0.1) is 16.0 Å². The third kappa shape index (κ3) is 3.17. The van der Waals surface area contributed by atoms with Gasteiger partial charge < -0.3 is 11.1 Å². The monoisotopic (exact) mass is 299 g/mol. The molecule has 0 aromatic heterocycles. The van der Waals surface area contributed by atoms with Crippen molar-refractivity contribution in [2.24, 2.45) is 11.7 Å². The number of hydrogen-bond acceptors (Lipinski definition) is 4. The predicted octanol–water partition coefficient (Wildman–Crippen LogP) is 2.51. The molecular weight excluding hydrogens is 286 g/mol. The number of anilines is 1. The number of benzene rings is 1. The van der Waals surface area contributed by atoms with Gasteiger partial charge >= 0.3 is 0 Å². The van der Waals surface area contributed by atoms with E-state index in [0.29, 0.717) is 22.6 Å². The minimum absolute atomic E-state index is 0.0716. The average molecular weight is 300 g/mol. The number of nitro benzene ring substituents is 1. The molecule has 1 saturated carbocycles. The molecule has 1 fully saturated rings. The summed E-state index contributed by atoms with van der Waals surface area (Å²) in [6.45, 7) is 0.577. The van der Waals surface area contributed by atoms with Crippen LogP contribution in [0.2, 0.25) is 0 Å². The summed E-state index contributed by atoms with van der Waals surface area (Å²) in [5, 5.41) is 13.9. The highest BCUT2D eigenvalue weighted by Crippen LogP contribution is 2.32. The van der Waals surface area contributed by atoms with Crippen LogP contribution in [0.15, 0.2) is 22.7 Å². The zero-order valence-electron chi connectivity index (χ0n) is 9.23. The lowest BCUT2D eigenvalue weighted by Gasteiger charge is -2.12. The molecule has 0 saturated heterocycles. The Morgan fingerprint density at radius 3 is 2.88 bits per heavy atom. The zero-order valence-corrected chi connectivity index (χ0v) is 10.8. The van der Waals surface area contributed by atoms with Gasteiger partial charge in [-0.1, -0.05) is 15.9 Å². The molecule has 17 heavy (non-hydrogen) atoms. The van der Waals surface area contributed by atoms with E-state index in [2.05, 4.69) is 21.2 Å². The van der Waals surface area contributed by atoms with Crippen LogP contribution in [0.5, 0.6) is 0 Å². The molecule has 1 aliphatic carbocycles. The lowest BCUT2D eigenvalue weighted by molar-refractivity contribution is -0.384. The molecule has 2 rings (SSSR count). The van der Waals surface area contributed by atoms with Crippen LogP contribution in [0.1, 0.15) is 12.8 Å². The normalized spacial score (nSPS) is 16.6. The van der Waals surface area contributed by atoms with Gasteiger partial charge in [-0.05, 0) is 30.9 Å². The molecule has 0 aliphatic heterocycles. The molecule has 0 bridgehead atoms. The van der Waals surface area contributed by atoms with E-state index in [4.69, 9.17) is 5.73 Å². The van der Waals surface area contributed by atoms with Gasteiger partial charge in [0.05, 0.1) is 4.92 Å². The van der Waals surface area contributed by atoms with Crippen molar-refractivity contribution in [3.05, 3.63) is 32.8 Å². The second-order valence-corrected chi connectivity index (χ2v) is 5.22. The zero-order chi connectivity index (χ0) is 12.4. The fourth-order valence-electron chi connectivity index (χ4n) is 1.72. The lowest BCUT2D eigenvalue weighted by Crippen LogP contribution is -2.31. The highest BCUT2D eigenvalue weighted by Gasteiger charge is 2.28. The molecule has 3 N–H and O–H groups in total. The Kier molecular flexibility index (Phi) is 3.63. The van der Waals surface area contributed by atoms with E-state index >= 15 is 0 Å². The topological polar surface area (TPSA) is 81.2 Å². The smallest absolute Gasteiger partial charge is 0.293 e. The summed E-state index contributed by atoms with van der Waals surface area (Å²) in [4.78, 5) is 10.5. The summed E-state index contributed by atoms with van der Waals surface area (Å²) in [6, 6.07) is 5.04. The number of nitro groups is 1. The minimum atomic E-state index is -0.393. The fourth-order valence-corrected chi connectivity index (χ4v) is 2.07. The summed E-state index contributed by atoms with van der Waals surface area (Å²) in [5.41, 5.74) is 6.54. The maximum atomic E-state index is 10.9. The van der Waals surface area contributed by atoms with Crippen LogP contribution in [0.25, 0.3) is 0 Å². The number of halogens is 1. The van der Waals surface area contributed by atoms with Gasteiger partial charge in [0.15, 0.2) is 0 Å². The number of nitrogens with one attached hydrogen (secondary N) is 1. The van der Waals surface area contributed by atoms with Crippen LogP contribution in [0.3, 0.4) is 0 Å². The van der Waals surface area contributed by atoms with Crippen molar-refractivity contribution in [3.8, 4) is 0 Å². The molecule has 6 heteroatoms. The quantitative estimate of drug-likeness (QED) is 0.646. The Morgan fingerprint density at radius 1 is 1.59 bits per heavy atom. The van der Waals surface area contributed by atoms with Gasteiger partial charge in [0.25, 0.3) is 5.69 Å². The standard InChI is InChI=1S/C11H14BrN3O2/c12-8-3-4-10(11(5-8)15(16)17)14-6-9(13)7-1-2-7/h3-5,7,9,14H,1-2,6,13H2. The molecule has 92 valence electrons. The van der Waals surface area contributed by atoms with Gasteiger partial charge in [-0.2, -0.15) is 0 Å². The van der Waals surface area contributed by atoms with Crippen LogP contribution in [-0.2, 0) is 0 Å². The number of nitrogens with zero attached hydrogens (tertiary/aromatic N) is 1. The van der Waals surface area contributed by atoms with E-state index in [1.165, 1.54) is 18.9 Å². The van der Waals surface area contributed by atoms with Crippen LogP contribution >= 0.6 is 15.9 Å². The molecule has 1 aliphatic rings. The second kappa shape index (κ2) is 5.01. The van der Waals surface area contributed by atoms with Crippen molar-refractivity contribution in [3.63, 3.8) is 0 Å². The highest BCUT2D eigenvalue weighted by atomic mass is 79.9. The molecule has 1 atom stereocenters. The summed E-state index contributed by atoms with van der Waals surface area (Å²) >= 11 is 3.22. The van der Waals surface area contributed by atoms with E-state index < -0.39 is 4.92 Å². The summed E-state index contributed by atoms with van der Waals surface area (Å²) < 4.78 is 0.696. The van der Waals surface area contributed by atoms with E-state index in [-0.39, 0.29) is 11.7 Å². The van der Waals surface area contributed by atoms with Gasteiger partial charge in [-0.15, -0.1) is 0 Å². The summed E-state index contributed by atoms with van der Waals surface area (Å²) in [5.74, 6) is 0.581. The van der Waals surface area contributed by atoms with Crippen molar-refractivity contribution in [1.29, 1.82) is 0 Å². The Bertz CT molecular complexity index is 435. The van der Waals surface area contributed by atoms with Crippen molar-refractivity contribution in [1.82, 2.24) is 0 Å². The maximum absolute atomic E-state index is 10.9. The van der Waals surface area contributed by atoms with E-state index in [0.717, 1.165) is 0 Å². The maximum Gasteiger partial charge on any atom is 0.293 e. The molecule has 5 nitrogen and oxygen atoms in total. The van der Waals surface area contributed by atoms with Crippen molar-refractivity contribution in [2.45, 2.75) is 18.9 Å². The second-order valence-electron chi connectivity index (χ2n) is 4.30. The third-order valence-electron chi connectivity index (χ3n) is 2.91. The van der Waals surface area contributed by atoms with Gasteiger partial charge in [0.2, 0.25) is 0 Å². The predicted molar refractivity (Wildman–Crippen MR) is 70.0 cm³/mol. The van der Waals surface area contributed by atoms with Crippen LogP contribution in [-0.4, -0.2) is 17.5 Å². The Balaban J connectivity index is 2.06. The van der Waals surface area contributed by atoms with Gasteiger partial charge in [0.1, 0.15) is 5.69 Å². The first kappa shape index (κ1) is 12.3. The van der Waals surface area contributed by atoms with Crippen LogP contribution < -0.4 is 11.1 Å². The largest absolute Gasteiger partial charge is 0.378 e. The summed E-state index contributed by atoms with van der Waals surface area (Å²) in [6.07, 6.45) is 2.34. The summed E-state index contributed by atoms with van der Waals surface area (Å²) in [7, 11) is 0. The van der Waals surface area contributed by atoms with Crippen LogP contribution in [0.4, 0.5) is 11.4 Å². The van der Waals surface area contributed by atoms with E-state index in [1.807, 2.05) is 0 Å². The first-order chi connectivity index (χ1) is 8.08. The van der Waals surface area contributed by atoms with Gasteiger partial charge in [-0.25, -0.2) is 0 Å². The molecule has 1 unspecified atom stereocenters. The Hall–Kier alpha value is -1.14. The molecule has 1 aromatic carbocycles. The van der Waals surface area contributed by atoms with Gasteiger partial charge in [-0.3, -0.25) is 10.1 Å². The number of rotatable bonds is 5. The highest BCUT2D eigenvalue weighted by molar-refractivity contribution is 9.10. The fraction of sp³-hybridized carbons (Fsp3) is 0.455. The average Bonchev–Trinajstić information content (AvgIpc) is 3.10. The molecule has 0 heterocycles. The minimum Gasteiger partial charge on any atom is -0.378 e. The van der Waals surface area contributed by atoms with Crippen molar-refractivity contribution in [2.75, 3.05) is 11.9 Å². The third-order valence-corrected chi connectivity index (χ3v) is 3.41. The van der Waals surface area contributed by atoms with E-state index in [1.54, 1.807) is 12.1 Å². The molecule has 0 radical (unpaired) electrons. The molecule has 0 amide bonds. The number of hydrogen-bond donors (Lipinski definition) is 2. The van der Waals surface area contributed by atoms with Crippen molar-refractivity contribution >= 4 is 27.3 Å².